The fraction of sp³-hybridized carbons (Fsp3) is 0.385. The van der Waals surface area contributed by atoms with Crippen LogP contribution in [0.25, 0.3) is 0 Å². The van der Waals surface area contributed by atoms with Crippen LogP contribution in [0.15, 0.2) is 28.8 Å². The molecule has 0 N–H and O–H groups in total. The van der Waals surface area contributed by atoms with Crippen molar-refractivity contribution >= 4 is 11.6 Å². The third kappa shape index (κ3) is 2.08. The van der Waals surface area contributed by atoms with E-state index in [0.29, 0.717) is 18.3 Å². The molecule has 2 unspecified atom stereocenters. The maximum absolute atomic E-state index is 5.92. The summed E-state index contributed by atoms with van der Waals surface area (Å²) in [5.74, 6) is 2.19. The summed E-state index contributed by atoms with van der Waals surface area (Å²) in [6, 6.07) is 8.01. The lowest BCUT2D eigenvalue weighted by atomic mass is 9.97. The van der Waals surface area contributed by atoms with Crippen LogP contribution in [-0.2, 0) is 6.42 Å². The molecular weight excluding hydrogens is 252 g/mol. The summed E-state index contributed by atoms with van der Waals surface area (Å²) in [6.45, 7) is 2.39. The summed E-state index contributed by atoms with van der Waals surface area (Å²) in [5, 5.41) is 3.64. The van der Waals surface area contributed by atoms with Crippen LogP contribution in [0.2, 0.25) is 0 Å². The molecule has 18 heavy (non-hydrogen) atoms. The summed E-state index contributed by atoms with van der Waals surface area (Å²) in [5.41, 5.74) is 1.17. The second-order valence-electron chi connectivity index (χ2n) is 4.43. The monoisotopic (exact) mass is 264 g/mol. The zero-order valence-corrected chi connectivity index (χ0v) is 10.7. The molecule has 2 atom stereocenters. The second-order valence-corrected chi connectivity index (χ2v) is 5.08. The van der Waals surface area contributed by atoms with E-state index in [2.05, 4.69) is 16.2 Å². The Morgan fingerprint density at radius 1 is 1.39 bits per heavy atom. The zero-order valence-electron chi connectivity index (χ0n) is 9.97. The van der Waals surface area contributed by atoms with E-state index < -0.39 is 0 Å². The molecular formula is C13H13ClN2O2. The Labute approximate surface area is 110 Å². The highest BCUT2D eigenvalue weighted by Gasteiger charge is 2.26. The van der Waals surface area contributed by atoms with Crippen molar-refractivity contribution in [3.05, 3.63) is 41.5 Å². The van der Waals surface area contributed by atoms with Gasteiger partial charge in [0.25, 0.3) is 0 Å². The van der Waals surface area contributed by atoms with Gasteiger partial charge in [-0.15, -0.1) is 11.6 Å². The first-order valence-corrected chi connectivity index (χ1v) is 6.36. The van der Waals surface area contributed by atoms with Crippen molar-refractivity contribution in [2.24, 2.45) is 0 Å². The zero-order chi connectivity index (χ0) is 12.5. The van der Waals surface area contributed by atoms with Crippen LogP contribution in [0.5, 0.6) is 5.75 Å². The molecule has 1 aromatic carbocycles. The van der Waals surface area contributed by atoms with E-state index in [1.807, 2.05) is 25.1 Å². The number of aromatic nitrogens is 2. The van der Waals surface area contributed by atoms with Gasteiger partial charge in [-0.2, -0.15) is 4.98 Å². The van der Waals surface area contributed by atoms with Gasteiger partial charge in [0.1, 0.15) is 12.4 Å². The van der Waals surface area contributed by atoms with Gasteiger partial charge in [-0.25, -0.2) is 0 Å². The van der Waals surface area contributed by atoms with Gasteiger partial charge in [-0.3, -0.25) is 0 Å². The van der Waals surface area contributed by atoms with Crippen LogP contribution in [0.3, 0.4) is 0 Å². The van der Waals surface area contributed by atoms with E-state index in [-0.39, 0.29) is 11.3 Å². The smallest absolute Gasteiger partial charge is 0.233 e. The first-order valence-electron chi connectivity index (χ1n) is 5.92. The highest BCUT2D eigenvalue weighted by molar-refractivity contribution is 6.20. The number of para-hydroxylation sites is 1. The molecule has 0 aliphatic carbocycles. The Morgan fingerprint density at radius 2 is 2.22 bits per heavy atom. The van der Waals surface area contributed by atoms with Crippen molar-refractivity contribution in [2.45, 2.75) is 24.6 Å². The van der Waals surface area contributed by atoms with Crippen molar-refractivity contribution in [3.63, 3.8) is 0 Å². The quantitative estimate of drug-likeness (QED) is 0.782. The Balaban J connectivity index is 1.83. The number of alkyl halides is 1. The highest BCUT2D eigenvalue weighted by atomic mass is 35.5. The lowest BCUT2D eigenvalue weighted by Crippen LogP contribution is -2.19. The van der Waals surface area contributed by atoms with E-state index in [4.69, 9.17) is 20.9 Å². The molecule has 0 saturated heterocycles. The third-order valence-electron chi connectivity index (χ3n) is 3.04. The Kier molecular flexibility index (Phi) is 2.96. The van der Waals surface area contributed by atoms with Gasteiger partial charge in [0, 0.05) is 0 Å². The number of halogens is 1. The minimum Gasteiger partial charge on any atom is -0.492 e. The summed E-state index contributed by atoms with van der Waals surface area (Å²) in [6.07, 6.45) is 0.856. The first-order chi connectivity index (χ1) is 8.74. The molecule has 1 aliphatic heterocycles. The molecule has 0 amide bonds. The standard InChI is InChI=1S/C13H13ClN2O2/c1-8(14)12-15-13(18-16-12)10-6-9-4-2-3-5-11(9)17-7-10/h2-5,8,10H,6-7H2,1H3. The van der Waals surface area contributed by atoms with Gasteiger partial charge in [-0.1, -0.05) is 23.4 Å². The molecule has 0 radical (unpaired) electrons. The summed E-state index contributed by atoms with van der Waals surface area (Å²) in [4.78, 5) is 4.32. The van der Waals surface area contributed by atoms with Crippen molar-refractivity contribution in [3.8, 4) is 5.75 Å². The van der Waals surface area contributed by atoms with Gasteiger partial charge >= 0.3 is 0 Å². The minimum atomic E-state index is -0.237. The molecule has 0 fully saturated rings. The average Bonchev–Trinajstić information content (AvgIpc) is 2.88. The molecule has 3 rings (SSSR count). The van der Waals surface area contributed by atoms with Crippen molar-refractivity contribution in [2.75, 3.05) is 6.61 Å². The molecule has 4 nitrogen and oxygen atoms in total. The number of fused-ring (bicyclic) bond motifs is 1. The van der Waals surface area contributed by atoms with Gasteiger partial charge < -0.3 is 9.26 Å². The Hall–Kier alpha value is -1.55. The number of hydrogen-bond donors (Lipinski definition) is 0. The fourth-order valence-corrected chi connectivity index (χ4v) is 2.15. The Morgan fingerprint density at radius 3 is 3.00 bits per heavy atom. The maximum Gasteiger partial charge on any atom is 0.233 e. The van der Waals surface area contributed by atoms with E-state index in [9.17, 15) is 0 Å². The number of ether oxygens (including phenoxy) is 1. The summed E-state index contributed by atoms with van der Waals surface area (Å²) >= 11 is 5.92. The van der Waals surface area contributed by atoms with Gasteiger partial charge in [0.15, 0.2) is 5.82 Å². The van der Waals surface area contributed by atoms with Crippen LogP contribution in [0, 0.1) is 0 Å². The maximum atomic E-state index is 5.92. The van der Waals surface area contributed by atoms with Gasteiger partial charge in [0.2, 0.25) is 5.89 Å². The van der Waals surface area contributed by atoms with Crippen LogP contribution in [0.4, 0.5) is 0 Å². The van der Waals surface area contributed by atoms with E-state index >= 15 is 0 Å². The van der Waals surface area contributed by atoms with E-state index in [1.54, 1.807) is 0 Å². The van der Waals surface area contributed by atoms with Crippen molar-refractivity contribution in [1.29, 1.82) is 0 Å². The molecule has 5 heteroatoms. The number of hydrogen-bond acceptors (Lipinski definition) is 4. The van der Waals surface area contributed by atoms with Gasteiger partial charge in [-0.05, 0) is 25.0 Å². The van der Waals surface area contributed by atoms with Crippen molar-refractivity contribution in [1.82, 2.24) is 10.1 Å². The van der Waals surface area contributed by atoms with Crippen LogP contribution < -0.4 is 4.74 Å². The molecule has 2 heterocycles. The van der Waals surface area contributed by atoms with Gasteiger partial charge in [0.05, 0.1) is 11.3 Å². The van der Waals surface area contributed by atoms with Crippen LogP contribution in [-0.4, -0.2) is 16.7 Å². The normalized spacial score (nSPS) is 20.0. The predicted molar refractivity (Wildman–Crippen MR) is 66.9 cm³/mol. The molecule has 0 bridgehead atoms. The Bertz CT molecular complexity index is 553. The summed E-state index contributed by atoms with van der Waals surface area (Å²) < 4.78 is 11.0. The largest absolute Gasteiger partial charge is 0.492 e. The third-order valence-corrected chi connectivity index (χ3v) is 3.24. The minimum absolute atomic E-state index is 0.108. The molecule has 0 saturated carbocycles. The predicted octanol–water partition coefficient (Wildman–Crippen LogP) is 3.09. The van der Waals surface area contributed by atoms with E-state index in [0.717, 1.165) is 12.2 Å². The lowest BCUT2D eigenvalue weighted by Gasteiger charge is -2.22. The molecule has 94 valence electrons. The molecule has 1 aromatic heterocycles. The van der Waals surface area contributed by atoms with Crippen molar-refractivity contribution < 1.29 is 9.26 Å². The second kappa shape index (κ2) is 4.61. The lowest BCUT2D eigenvalue weighted by molar-refractivity contribution is 0.230. The van der Waals surface area contributed by atoms with E-state index in [1.165, 1.54) is 5.56 Å². The number of benzene rings is 1. The summed E-state index contributed by atoms with van der Waals surface area (Å²) in [7, 11) is 0. The number of rotatable bonds is 2. The van der Waals surface area contributed by atoms with Crippen LogP contribution >= 0.6 is 11.6 Å². The van der Waals surface area contributed by atoms with Crippen LogP contribution in [0.1, 0.15) is 35.5 Å². The average molecular weight is 265 g/mol. The fourth-order valence-electron chi connectivity index (χ4n) is 2.06. The molecule has 0 spiro atoms. The molecule has 2 aromatic rings. The topological polar surface area (TPSA) is 48.2 Å². The molecule has 1 aliphatic rings. The number of nitrogens with zero attached hydrogens (tertiary/aromatic N) is 2. The SMILES string of the molecule is CC(Cl)c1noc(C2COc3ccccc3C2)n1. The first kappa shape index (κ1) is 11.5. The highest BCUT2D eigenvalue weighted by Crippen LogP contribution is 2.32.